The van der Waals surface area contributed by atoms with E-state index < -0.39 is 0 Å². The molecule has 4 heteroatoms. The molecule has 0 aliphatic carbocycles. The molecule has 136 valence electrons. The van der Waals surface area contributed by atoms with Gasteiger partial charge in [0.2, 0.25) is 0 Å². The third-order valence-electron chi connectivity index (χ3n) is 4.55. The molecule has 0 spiro atoms. The Hall–Kier alpha value is -2.59. The molecule has 1 heterocycles. The van der Waals surface area contributed by atoms with Crippen LogP contribution in [0.5, 0.6) is 0 Å². The maximum Gasteiger partial charge on any atom is 0.123 e. The average Bonchev–Trinajstić information content (AvgIpc) is 3.17. The van der Waals surface area contributed by atoms with Crippen LogP contribution >= 0.6 is 0 Å². The van der Waals surface area contributed by atoms with Gasteiger partial charge < -0.3 is 14.6 Å². The minimum Gasteiger partial charge on any atom is -0.469 e. The summed E-state index contributed by atoms with van der Waals surface area (Å²) < 4.78 is 18.8. The fourth-order valence-corrected chi connectivity index (χ4v) is 3.05. The van der Waals surface area contributed by atoms with Crippen molar-refractivity contribution in [2.75, 3.05) is 25.5 Å². The highest BCUT2D eigenvalue weighted by molar-refractivity contribution is 5.45. The second-order valence-corrected chi connectivity index (χ2v) is 6.65. The Labute approximate surface area is 154 Å². The Morgan fingerprint density at radius 3 is 2.35 bits per heavy atom. The molecule has 0 fully saturated rings. The summed E-state index contributed by atoms with van der Waals surface area (Å²) in [4.78, 5) is 2.09. The molecule has 1 aromatic heterocycles. The first-order valence-electron chi connectivity index (χ1n) is 8.89. The van der Waals surface area contributed by atoms with Crippen molar-refractivity contribution in [3.8, 4) is 0 Å². The van der Waals surface area contributed by atoms with Gasteiger partial charge >= 0.3 is 0 Å². The lowest BCUT2D eigenvalue weighted by Gasteiger charge is -2.16. The molecule has 0 saturated heterocycles. The van der Waals surface area contributed by atoms with E-state index in [0.29, 0.717) is 0 Å². The number of benzene rings is 2. The second-order valence-electron chi connectivity index (χ2n) is 6.65. The Bertz CT molecular complexity index is 780. The molecular formula is C22H25FN2O. The molecule has 26 heavy (non-hydrogen) atoms. The number of anilines is 1. The standard InChI is InChI=1S/C22H25FN2O/c1-25(2)20-11-5-17(6-12-20)16-24-14-13-21(22-4-3-15-26-22)18-7-9-19(23)10-8-18/h3-12,15,21,24H,13-14,16H2,1-2H3. The smallest absolute Gasteiger partial charge is 0.123 e. The van der Waals surface area contributed by atoms with E-state index in [4.69, 9.17) is 4.42 Å². The van der Waals surface area contributed by atoms with E-state index in [1.54, 1.807) is 6.26 Å². The summed E-state index contributed by atoms with van der Waals surface area (Å²) in [6.07, 6.45) is 2.57. The summed E-state index contributed by atoms with van der Waals surface area (Å²) in [6.45, 7) is 1.67. The number of rotatable bonds is 8. The van der Waals surface area contributed by atoms with Gasteiger partial charge in [0, 0.05) is 32.2 Å². The van der Waals surface area contributed by atoms with Crippen molar-refractivity contribution in [3.05, 3.63) is 89.6 Å². The van der Waals surface area contributed by atoms with Gasteiger partial charge in [-0.25, -0.2) is 4.39 Å². The molecule has 0 aliphatic rings. The Balaban J connectivity index is 1.57. The Morgan fingerprint density at radius 2 is 1.73 bits per heavy atom. The molecule has 0 bridgehead atoms. The first kappa shape index (κ1) is 18.2. The van der Waals surface area contributed by atoms with Crippen LogP contribution in [-0.4, -0.2) is 20.6 Å². The maximum atomic E-state index is 13.2. The van der Waals surface area contributed by atoms with Gasteiger partial charge in [-0.3, -0.25) is 0 Å². The molecule has 1 unspecified atom stereocenters. The molecule has 3 nitrogen and oxygen atoms in total. The van der Waals surface area contributed by atoms with Gasteiger partial charge in [-0.15, -0.1) is 0 Å². The molecule has 0 saturated carbocycles. The van der Waals surface area contributed by atoms with Gasteiger partial charge in [0.25, 0.3) is 0 Å². The highest BCUT2D eigenvalue weighted by atomic mass is 19.1. The van der Waals surface area contributed by atoms with Crippen LogP contribution in [-0.2, 0) is 6.54 Å². The zero-order valence-corrected chi connectivity index (χ0v) is 15.3. The minimum absolute atomic E-state index is 0.120. The number of nitrogens with zero attached hydrogens (tertiary/aromatic N) is 1. The summed E-state index contributed by atoms with van der Waals surface area (Å²) in [5.41, 5.74) is 3.52. The summed E-state index contributed by atoms with van der Waals surface area (Å²) in [7, 11) is 4.08. The molecule has 3 rings (SSSR count). The fourth-order valence-electron chi connectivity index (χ4n) is 3.05. The van der Waals surface area contributed by atoms with Crippen molar-refractivity contribution in [1.82, 2.24) is 5.32 Å². The third kappa shape index (κ3) is 4.73. The van der Waals surface area contributed by atoms with Gasteiger partial charge in [0.05, 0.1) is 6.26 Å². The molecular weight excluding hydrogens is 327 g/mol. The molecule has 0 amide bonds. The van der Waals surface area contributed by atoms with E-state index in [1.165, 1.54) is 23.4 Å². The van der Waals surface area contributed by atoms with Crippen LogP contribution in [0.2, 0.25) is 0 Å². The zero-order chi connectivity index (χ0) is 18.4. The number of hydrogen-bond donors (Lipinski definition) is 1. The monoisotopic (exact) mass is 352 g/mol. The first-order chi connectivity index (χ1) is 12.6. The van der Waals surface area contributed by atoms with E-state index in [2.05, 4.69) is 34.5 Å². The van der Waals surface area contributed by atoms with Crippen LogP contribution in [0.4, 0.5) is 10.1 Å². The molecule has 1 N–H and O–H groups in total. The van der Waals surface area contributed by atoms with Crippen LogP contribution in [0.1, 0.15) is 29.2 Å². The lowest BCUT2D eigenvalue weighted by Crippen LogP contribution is -2.18. The quantitative estimate of drug-likeness (QED) is 0.591. The fraction of sp³-hybridized carbons (Fsp3) is 0.273. The first-order valence-corrected chi connectivity index (χ1v) is 8.89. The van der Waals surface area contributed by atoms with Crippen LogP contribution in [0.25, 0.3) is 0 Å². The van der Waals surface area contributed by atoms with Gasteiger partial charge in [-0.05, 0) is 60.5 Å². The van der Waals surface area contributed by atoms with E-state index in [9.17, 15) is 4.39 Å². The average molecular weight is 352 g/mol. The molecule has 3 aromatic rings. The Morgan fingerprint density at radius 1 is 1.00 bits per heavy atom. The highest BCUT2D eigenvalue weighted by Crippen LogP contribution is 2.28. The molecule has 0 radical (unpaired) electrons. The predicted octanol–water partition coefficient (Wildman–Crippen LogP) is 4.80. The molecule has 2 aromatic carbocycles. The predicted molar refractivity (Wildman–Crippen MR) is 104 cm³/mol. The topological polar surface area (TPSA) is 28.4 Å². The van der Waals surface area contributed by atoms with Crippen molar-refractivity contribution < 1.29 is 8.81 Å². The summed E-state index contributed by atoms with van der Waals surface area (Å²) >= 11 is 0. The second kappa shape index (κ2) is 8.68. The van der Waals surface area contributed by atoms with E-state index in [1.807, 2.05) is 38.4 Å². The van der Waals surface area contributed by atoms with Crippen molar-refractivity contribution in [3.63, 3.8) is 0 Å². The van der Waals surface area contributed by atoms with Crippen LogP contribution in [0.15, 0.2) is 71.3 Å². The number of hydrogen-bond acceptors (Lipinski definition) is 3. The van der Waals surface area contributed by atoms with E-state index in [0.717, 1.165) is 30.8 Å². The zero-order valence-electron chi connectivity index (χ0n) is 15.3. The maximum absolute atomic E-state index is 13.2. The van der Waals surface area contributed by atoms with Crippen LogP contribution in [0.3, 0.4) is 0 Å². The van der Waals surface area contributed by atoms with Crippen molar-refractivity contribution in [1.29, 1.82) is 0 Å². The van der Waals surface area contributed by atoms with Gasteiger partial charge in [-0.1, -0.05) is 24.3 Å². The third-order valence-corrected chi connectivity index (χ3v) is 4.55. The lowest BCUT2D eigenvalue weighted by molar-refractivity contribution is 0.466. The minimum atomic E-state index is -0.216. The number of halogens is 1. The Kier molecular flexibility index (Phi) is 6.08. The summed E-state index contributed by atoms with van der Waals surface area (Å²) in [6, 6.07) is 19.1. The largest absolute Gasteiger partial charge is 0.469 e. The van der Waals surface area contributed by atoms with E-state index >= 15 is 0 Å². The van der Waals surface area contributed by atoms with Crippen molar-refractivity contribution in [2.45, 2.75) is 18.9 Å². The van der Waals surface area contributed by atoms with Gasteiger partial charge in [0.1, 0.15) is 11.6 Å². The summed E-state index contributed by atoms with van der Waals surface area (Å²) in [5.74, 6) is 0.814. The van der Waals surface area contributed by atoms with E-state index in [-0.39, 0.29) is 11.7 Å². The van der Waals surface area contributed by atoms with Crippen LogP contribution < -0.4 is 10.2 Å². The number of furan rings is 1. The molecule has 1 atom stereocenters. The highest BCUT2D eigenvalue weighted by Gasteiger charge is 2.16. The van der Waals surface area contributed by atoms with Crippen molar-refractivity contribution >= 4 is 5.69 Å². The number of nitrogens with one attached hydrogen (secondary N) is 1. The SMILES string of the molecule is CN(C)c1ccc(CNCCC(c2ccc(F)cc2)c2ccco2)cc1. The van der Waals surface area contributed by atoms with Crippen molar-refractivity contribution in [2.24, 2.45) is 0 Å². The van der Waals surface area contributed by atoms with Gasteiger partial charge in [0.15, 0.2) is 0 Å². The van der Waals surface area contributed by atoms with Crippen LogP contribution in [0, 0.1) is 5.82 Å². The van der Waals surface area contributed by atoms with Gasteiger partial charge in [-0.2, -0.15) is 0 Å². The summed E-state index contributed by atoms with van der Waals surface area (Å²) in [5, 5.41) is 3.49. The normalized spacial score (nSPS) is 12.1. The lowest BCUT2D eigenvalue weighted by atomic mass is 9.93. The molecule has 0 aliphatic heterocycles.